The second-order valence-corrected chi connectivity index (χ2v) is 4.61. The SMILES string of the molecule is CN=C(NCCc1ccc(F)cc1C)NCCC(F)(F)F. The van der Waals surface area contributed by atoms with Crippen LogP contribution in [0.3, 0.4) is 0 Å². The summed E-state index contributed by atoms with van der Waals surface area (Å²) in [7, 11) is 1.49. The van der Waals surface area contributed by atoms with Gasteiger partial charge in [0.05, 0.1) is 6.42 Å². The lowest BCUT2D eigenvalue weighted by Gasteiger charge is -2.13. The van der Waals surface area contributed by atoms with Crippen LogP contribution in [0.25, 0.3) is 0 Å². The zero-order chi connectivity index (χ0) is 15.9. The molecule has 1 rings (SSSR count). The molecule has 0 amide bonds. The molecule has 0 aromatic heterocycles. The molecule has 0 saturated heterocycles. The summed E-state index contributed by atoms with van der Waals surface area (Å²) in [6, 6.07) is 4.54. The summed E-state index contributed by atoms with van der Waals surface area (Å²) in [6.07, 6.45) is -4.46. The molecular weight excluding hydrogens is 286 g/mol. The van der Waals surface area contributed by atoms with Gasteiger partial charge >= 0.3 is 6.18 Å². The first-order valence-corrected chi connectivity index (χ1v) is 6.58. The molecule has 0 atom stereocenters. The van der Waals surface area contributed by atoms with E-state index in [2.05, 4.69) is 15.6 Å². The number of aryl methyl sites for hydroxylation is 1. The molecule has 0 spiro atoms. The van der Waals surface area contributed by atoms with Gasteiger partial charge in [0.2, 0.25) is 0 Å². The average molecular weight is 305 g/mol. The molecule has 21 heavy (non-hydrogen) atoms. The van der Waals surface area contributed by atoms with E-state index in [0.29, 0.717) is 18.9 Å². The van der Waals surface area contributed by atoms with Crippen molar-refractivity contribution < 1.29 is 17.6 Å². The number of benzene rings is 1. The molecule has 0 aliphatic carbocycles. The van der Waals surface area contributed by atoms with Crippen molar-refractivity contribution in [3.05, 3.63) is 35.1 Å². The van der Waals surface area contributed by atoms with Crippen molar-refractivity contribution in [3.8, 4) is 0 Å². The van der Waals surface area contributed by atoms with E-state index in [4.69, 9.17) is 0 Å². The second-order valence-electron chi connectivity index (χ2n) is 4.61. The van der Waals surface area contributed by atoms with Gasteiger partial charge in [-0.2, -0.15) is 13.2 Å². The lowest BCUT2D eigenvalue weighted by Crippen LogP contribution is -2.39. The number of rotatable bonds is 5. The third-order valence-corrected chi connectivity index (χ3v) is 2.92. The van der Waals surface area contributed by atoms with E-state index >= 15 is 0 Å². The summed E-state index contributed by atoms with van der Waals surface area (Å²) in [6.45, 7) is 2.09. The zero-order valence-corrected chi connectivity index (χ0v) is 12.0. The Balaban J connectivity index is 2.35. The van der Waals surface area contributed by atoms with Gasteiger partial charge in [0.1, 0.15) is 5.82 Å². The lowest BCUT2D eigenvalue weighted by atomic mass is 10.1. The van der Waals surface area contributed by atoms with Crippen LogP contribution in [0.1, 0.15) is 17.5 Å². The Morgan fingerprint density at radius 1 is 1.19 bits per heavy atom. The molecular formula is C14H19F4N3. The van der Waals surface area contributed by atoms with E-state index in [1.54, 1.807) is 6.07 Å². The van der Waals surface area contributed by atoms with E-state index in [1.165, 1.54) is 19.2 Å². The fraction of sp³-hybridized carbons (Fsp3) is 0.500. The van der Waals surface area contributed by atoms with E-state index in [1.807, 2.05) is 6.92 Å². The second kappa shape index (κ2) is 7.85. The van der Waals surface area contributed by atoms with Crippen LogP contribution in [-0.4, -0.2) is 32.3 Å². The molecule has 7 heteroatoms. The number of hydrogen-bond donors (Lipinski definition) is 2. The van der Waals surface area contributed by atoms with E-state index in [9.17, 15) is 17.6 Å². The summed E-state index contributed by atoms with van der Waals surface area (Å²) in [5.74, 6) is 0.0350. The molecule has 0 saturated carbocycles. The van der Waals surface area contributed by atoms with E-state index in [0.717, 1.165) is 11.1 Å². The summed E-state index contributed by atoms with van der Waals surface area (Å²) in [5, 5.41) is 5.52. The number of nitrogens with zero attached hydrogens (tertiary/aromatic N) is 1. The predicted octanol–water partition coefficient (Wildman–Crippen LogP) is 2.79. The van der Waals surface area contributed by atoms with Crippen LogP contribution in [0.5, 0.6) is 0 Å². The minimum atomic E-state index is -4.18. The maximum atomic E-state index is 13.0. The Labute approximate surface area is 121 Å². The van der Waals surface area contributed by atoms with Gasteiger partial charge < -0.3 is 10.6 Å². The number of nitrogens with one attached hydrogen (secondary N) is 2. The van der Waals surface area contributed by atoms with Crippen molar-refractivity contribution >= 4 is 5.96 Å². The first-order chi connectivity index (χ1) is 9.81. The van der Waals surface area contributed by atoms with Crippen molar-refractivity contribution in [2.45, 2.75) is 25.9 Å². The van der Waals surface area contributed by atoms with Crippen LogP contribution in [0.15, 0.2) is 23.2 Å². The number of hydrogen-bond acceptors (Lipinski definition) is 1. The highest BCUT2D eigenvalue weighted by Gasteiger charge is 2.26. The number of alkyl halides is 3. The van der Waals surface area contributed by atoms with Crippen LogP contribution in [0, 0.1) is 12.7 Å². The highest BCUT2D eigenvalue weighted by molar-refractivity contribution is 5.79. The van der Waals surface area contributed by atoms with Gasteiger partial charge in [0.25, 0.3) is 0 Å². The fourth-order valence-electron chi connectivity index (χ4n) is 1.80. The summed E-state index contributed by atoms with van der Waals surface area (Å²) >= 11 is 0. The predicted molar refractivity (Wildman–Crippen MR) is 74.9 cm³/mol. The minimum Gasteiger partial charge on any atom is -0.356 e. The van der Waals surface area contributed by atoms with Gasteiger partial charge in [-0.1, -0.05) is 6.07 Å². The number of halogens is 4. The Morgan fingerprint density at radius 3 is 2.43 bits per heavy atom. The van der Waals surface area contributed by atoms with Crippen LogP contribution in [-0.2, 0) is 6.42 Å². The molecule has 0 unspecified atom stereocenters. The van der Waals surface area contributed by atoms with Crippen molar-refractivity contribution in [3.63, 3.8) is 0 Å². The van der Waals surface area contributed by atoms with Gasteiger partial charge in [-0.15, -0.1) is 0 Å². The maximum Gasteiger partial charge on any atom is 0.390 e. The van der Waals surface area contributed by atoms with Gasteiger partial charge in [0, 0.05) is 20.1 Å². The summed E-state index contributed by atoms with van der Waals surface area (Å²) in [5.41, 5.74) is 1.83. The molecule has 0 heterocycles. The normalized spacial score (nSPS) is 12.4. The smallest absolute Gasteiger partial charge is 0.356 e. The van der Waals surface area contributed by atoms with E-state index < -0.39 is 12.6 Å². The molecule has 1 aromatic rings. The summed E-state index contributed by atoms with van der Waals surface area (Å²) in [4.78, 5) is 3.84. The molecule has 118 valence electrons. The van der Waals surface area contributed by atoms with Crippen molar-refractivity contribution in [1.82, 2.24) is 10.6 Å². The first kappa shape index (κ1) is 17.3. The lowest BCUT2D eigenvalue weighted by molar-refractivity contribution is -0.132. The molecule has 0 radical (unpaired) electrons. The van der Waals surface area contributed by atoms with Crippen LogP contribution < -0.4 is 10.6 Å². The van der Waals surface area contributed by atoms with Gasteiger partial charge in [0.15, 0.2) is 5.96 Å². The molecule has 3 nitrogen and oxygen atoms in total. The van der Waals surface area contributed by atoms with E-state index in [-0.39, 0.29) is 12.4 Å². The van der Waals surface area contributed by atoms with Gasteiger partial charge in [-0.05, 0) is 36.6 Å². The zero-order valence-electron chi connectivity index (χ0n) is 12.0. The fourth-order valence-corrected chi connectivity index (χ4v) is 1.80. The van der Waals surface area contributed by atoms with Crippen LogP contribution in [0.2, 0.25) is 0 Å². The summed E-state index contributed by atoms with van der Waals surface area (Å²) < 4.78 is 49.0. The Kier molecular flexibility index (Phi) is 6.45. The molecule has 0 bridgehead atoms. The molecule has 0 fully saturated rings. The van der Waals surface area contributed by atoms with Gasteiger partial charge in [-0.3, -0.25) is 4.99 Å². The molecule has 1 aromatic carbocycles. The number of guanidine groups is 1. The van der Waals surface area contributed by atoms with Crippen LogP contribution in [0.4, 0.5) is 17.6 Å². The van der Waals surface area contributed by atoms with Gasteiger partial charge in [-0.25, -0.2) is 4.39 Å². The average Bonchev–Trinajstić information content (AvgIpc) is 2.38. The van der Waals surface area contributed by atoms with Crippen LogP contribution >= 0.6 is 0 Å². The van der Waals surface area contributed by atoms with Crippen molar-refractivity contribution in [1.29, 1.82) is 0 Å². The standard InChI is InChI=1S/C14H19F4N3/c1-10-9-12(15)4-3-11(10)5-7-20-13(19-2)21-8-6-14(16,17)18/h3-4,9H,5-8H2,1-2H3,(H2,19,20,21). The highest BCUT2D eigenvalue weighted by atomic mass is 19.4. The largest absolute Gasteiger partial charge is 0.390 e. The Hall–Kier alpha value is -1.79. The first-order valence-electron chi connectivity index (χ1n) is 6.58. The quantitative estimate of drug-likeness (QED) is 0.498. The van der Waals surface area contributed by atoms with Crippen molar-refractivity contribution in [2.75, 3.05) is 20.1 Å². The minimum absolute atomic E-state index is 0.223. The Bertz CT molecular complexity index is 484. The highest BCUT2D eigenvalue weighted by Crippen LogP contribution is 2.18. The van der Waals surface area contributed by atoms with Crippen molar-refractivity contribution in [2.24, 2.45) is 4.99 Å². The topological polar surface area (TPSA) is 36.4 Å². The number of aliphatic imine (C=N–C) groups is 1. The third kappa shape index (κ3) is 6.97. The molecule has 2 N–H and O–H groups in total. The Morgan fingerprint density at radius 2 is 1.86 bits per heavy atom. The molecule has 0 aliphatic heterocycles. The third-order valence-electron chi connectivity index (χ3n) is 2.92. The maximum absolute atomic E-state index is 13.0. The molecule has 0 aliphatic rings. The monoisotopic (exact) mass is 305 g/mol.